The molecular weight excluding hydrogens is 390 g/mol. The number of piperidine rings is 1. The van der Waals surface area contributed by atoms with E-state index in [0.29, 0.717) is 24.3 Å². The maximum Gasteiger partial charge on any atom is 0.225 e. The monoisotopic (exact) mass is 423 g/mol. The fourth-order valence-electron chi connectivity index (χ4n) is 4.43. The van der Waals surface area contributed by atoms with Crippen LogP contribution in [0.4, 0.5) is 17.5 Å². The summed E-state index contributed by atoms with van der Waals surface area (Å²) in [7, 11) is 0. The summed E-state index contributed by atoms with van der Waals surface area (Å²) in [6.07, 6.45) is 5.85. The average molecular weight is 424 g/mol. The lowest BCUT2D eigenvalue weighted by Crippen LogP contribution is -2.41. The van der Waals surface area contributed by atoms with Crippen molar-refractivity contribution < 1.29 is 9.53 Å². The molecule has 2 fully saturated rings. The Balaban J connectivity index is 1.46. The van der Waals surface area contributed by atoms with Crippen molar-refractivity contribution in [1.82, 2.24) is 9.97 Å². The van der Waals surface area contributed by atoms with E-state index in [2.05, 4.69) is 60.2 Å². The van der Waals surface area contributed by atoms with Crippen molar-refractivity contribution in [3.63, 3.8) is 0 Å². The molecule has 0 saturated carbocycles. The van der Waals surface area contributed by atoms with Gasteiger partial charge in [0.2, 0.25) is 5.95 Å². The summed E-state index contributed by atoms with van der Waals surface area (Å²) < 4.78 is 5.67. The van der Waals surface area contributed by atoms with E-state index in [4.69, 9.17) is 9.72 Å². The Morgan fingerprint density at radius 2 is 1.84 bits per heavy atom. The highest BCUT2D eigenvalue weighted by Gasteiger charge is 2.37. The third-order valence-electron chi connectivity index (χ3n) is 6.32. The van der Waals surface area contributed by atoms with Crippen molar-refractivity contribution in [1.29, 1.82) is 0 Å². The lowest BCUT2D eigenvalue weighted by atomic mass is 10.0. The van der Waals surface area contributed by atoms with Gasteiger partial charge in [0.25, 0.3) is 0 Å². The molecule has 2 aliphatic rings. The highest BCUT2D eigenvalue weighted by Crippen LogP contribution is 2.29. The molecule has 0 aliphatic carbocycles. The summed E-state index contributed by atoms with van der Waals surface area (Å²) >= 11 is 0. The number of carbonyl (C=O) groups excluding carboxylic acids is 1. The van der Waals surface area contributed by atoms with Crippen LogP contribution in [-0.4, -0.2) is 48.2 Å². The molecule has 0 spiro atoms. The zero-order valence-electron chi connectivity index (χ0n) is 18.7. The zero-order chi connectivity index (χ0) is 21.8. The van der Waals surface area contributed by atoms with Gasteiger partial charge in [-0.05, 0) is 55.9 Å². The van der Waals surface area contributed by atoms with Gasteiger partial charge in [-0.1, -0.05) is 26.0 Å². The van der Waals surface area contributed by atoms with Gasteiger partial charge in [-0.3, -0.25) is 4.79 Å². The first-order valence-electron chi connectivity index (χ1n) is 11.4. The number of nitrogens with zero attached hydrogens (tertiary/aromatic N) is 4. The van der Waals surface area contributed by atoms with Crippen LogP contribution < -0.4 is 15.1 Å². The van der Waals surface area contributed by atoms with Gasteiger partial charge in [0.1, 0.15) is 5.82 Å². The molecule has 1 N–H and O–H groups in total. The molecule has 0 bridgehead atoms. The Kier molecular flexibility index (Phi) is 6.70. The second-order valence-corrected chi connectivity index (χ2v) is 8.82. The van der Waals surface area contributed by atoms with Gasteiger partial charge in [-0.25, -0.2) is 4.98 Å². The van der Waals surface area contributed by atoms with Crippen molar-refractivity contribution in [2.45, 2.75) is 58.3 Å². The van der Waals surface area contributed by atoms with Crippen molar-refractivity contribution in [2.24, 2.45) is 5.92 Å². The Labute approximate surface area is 184 Å². The number of hydrogen-bond donors (Lipinski definition) is 1. The molecule has 166 valence electrons. The number of benzene rings is 1. The number of hydrogen-bond acceptors (Lipinski definition) is 7. The largest absolute Gasteiger partial charge is 0.372 e. The Morgan fingerprint density at radius 3 is 2.52 bits per heavy atom. The van der Waals surface area contributed by atoms with Gasteiger partial charge in [0.15, 0.2) is 12.5 Å². The molecule has 2 saturated heterocycles. The number of aldehydes is 1. The minimum Gasteiger partial charge on any atom is -0.372 e. The number of nitrogens with one attached hydrogen (secondary N) is 1. The molecule has 3 heterocycles. The molecule has 7 nitrogen and oxygen atoms in total. The second-order valence-electron chi connectivity index (χ2n) is 8.82. The van der Waals surface area contributed by atoms with Crippen LogP contribution in [0.5, 0.6) is 0 Å². The Bertz CT molecular complexity index is 867. The number of ether oxygens (including phenoxy) is 1. The van der Waals surface area contributed by atoms with Crippen molar-refractivity contribution >= 4 is 23.7 Å². The van der Waals surface area contributed by atoms with Crippen molar-refractivity contribution in [2.75, 3.05) is 34.8 Å². The van der Waals surface area contributed by atoms with Crippen LogP contribution in [0.2, 0.25) is 0 Å². The second kappa shape index (κ2) is 9.64. The van der Waals surface area contributed by atoms with Crippen LogP contribution >= 0.6 is 0 Å². The number of anilines is 3. The van der Waals surface area contributed by atoms with E-state index in [1.807, 2.05) is 11.0 Å². The van der Waals surface area contributed by atoms with Crippen LogP contribution in [0.15, 0.2) is 36.5 Å². The minimum absolute atomic E-state index is 0.0586. The summed E-state index contributed by atoms with van der Waals surface area (Å²) in [6, 6.07) is 10.8. The van der Waals surface area contributed by atoms with Gasteiger partial charge in [0.05, 0.1) is 18.7 Å². The van der Waals surface area contributed by atoms with E-state index < -0.39 is 6.23 Å². The molecule has 4 rings (SSSR count). The van der Waals surface area contributed by atoms with E-state index >= 15 is 0 Å². The molecule has 2 aliphatic heterocycles. The fraction of sp³-hybridized carbons (Fsp3) is 0.542. The summed E-state index contributed by atoms with van der Waals surface area (Å²) in [4.78, 5) is 25.0. The molecule has 1 aromatic heterocycles. The molecule has 2 unspecified atom stereocenters. The summed E-state index contributed by atoms with van der Waals surface area (Å²) in [5.74, 6) is 1.59. The molecule has 3 atom stereocenters. The summed E-state index contributed by atoms with van der Waals surface area (Å²) in [5, 5.41) is 3.41. The molecule has 2 aromatic rings. The summed E-state index contributed by atoms with van der Waals surface area (Å²) in [5.41, 5.74) is 2.48. The van der Waals surface area contributed by atoms with Gasteiger partial charge >= 0.3 is 0 Å². The van der Waals surface area contributed by atoms with Gasteiger partial charge in [0, 0.05) is 25.0 Å². The van der Waals surface area contributed by atoms with E-state index in [-0.39, 0.29) is 12.1 Å². The number of carbonyl (C=O) groups is 1. The van der Waals surface area contributed by atoms with Crippen molar-refractivity contribution in [3.05, 3.63) is 42.1 Å². The first-order valence-corrected chi connectivity index (χ1v) is 11.4. The predicted molar refractivity (Wildman–Crippen MR) is 123 cm³/mol. The van der Waals surface area contributed by atoms with E-state index in [1.165, 1.54) is 30.5 Å². The first kappa shape index (κ1) is 21.6. The SMILES string of the molecule is CC(C)C1COC(C=O)N1c1ccnc(N[C@H](C)c2ccc(N3CCCCC3)cc2)n1. The maximum atomic E-state index is 11.5. The first-order chi connectivity index (χ1) is 15.1. The summed E-state index contributed by atoms with van der Waals surface area (Å²) in [6.45, 7) is 9.18. The van der Waals surface area contributed by atoms with E-state index in [1.54, 1.807) is 6.20 Å². The standard InChI is InChI=1S/C24H33N5O2/c1-17(2)21-16-31-23(15-30)29(21)22-11-12-25-24(27-22)26-18(3)19-7-9-20(10-8-19)28-13-5-4-6-14-28/h7-12,15,17-18,21,23H,4-6,13-14,16H2,1-3H3,(H,25,26,27)/t18-,21?,23?/m1/s1. The van der Waals surface area contributed by atoms with Crippen LogP contribution in [0.1, 0.15) is 51.6 Å². The van der Waals surface area contributed by atoms with E-state index in [0.717, 1.165) is 19.4 Å². The van der Waals surface area contributed by atoms with Crippen LogP contribution in [-0.2, 0) is 9.53 Å². The molecule has 1 aromatic carbocycles. The van der Waals surface area contributed by atoms with Crippen LogP contribution in [0.25, 0.3) is 0 Å². The van der Waals surface area contributed by atoms with Crippen LogP contribution in [0.3, 0.4) is 0 Å². The Hall–Kier alpha value is -2.67. The molecule has 7 heteroatoms. The highest BCUT2D eigenvalue weighted by atomic mass is 16.5. The zero-order valence-corrected chi connectivity index (χ0v) is 18.7. The van der Waals surface area contributed by atoms with Gasteiger partial charge in [-0.2, -0.15) is 4.98 Å². The van der Waals surface area contributed by atoms with Crippen LogP contribution in [0, 0.1) is 5.92 Å². The van der Waals surface area contributed by atoms with Gasteiger partial charge < -0.3 is 19.9 Å². The van der Waals surface area contributed by atoms with Crippen molar-refractivity contribution in [3.8, 4) is 0 Å². The number of rotatable bonds is 7. The highest BCUT2D eigenvalue weighted by molar-refractivity contribution is 5.64. The maximum absolute atomic E-state index is 11.5. The third-order valence-corrected chi connectivity index (χ3v) is 6.32. The number of aromatic nitrogens is 2. The average Bonchev–Trinajstić information content (AvgIpc) is 3.25. The topological polar surface area (TPSA) is 70.6 Å². The molecule has 0 radical (unpaired) electrons. The smallest absolute Gasteiger partial charge is 0.225 e. The Morgan fingerprint density at radius 1 is 1.10 bits per heavy atom. The lowest BCUT2D eigenvalue weighted by molar-refractivity contribution is -0.115. The fourth-order valence-corrected chi connectivity index (χ4v) is 4.43. The normalized spacial score (nSPS) is 22.6. The van der Waals surface area contributed by atoms with E-state index in [9.17, 15) is 4.79 Å². The molecule has 0 amide bonds. The molecular formula is C24H33N5O2. The predicted octanol–water partition coefficient (Wildman–Crippen LogP) is 4.03. The van der Waals surface area contributed by atoms with Gasteiger partial charge in [-0.15, -0.1) is 0 Å². The molecule has 31 heavy (non-hydrogen) atoms. The lowest BCUT2D eigenvalue weighted by Gasteiger charge is -2.29. The quantitative estimate of drug-likeness (QED) is 0.674. The minimum atomic E-state index is -0.602. The third kappa shape index (κ3) is 4.82.